The van der Waals surface area contributed by atoms with Crippen molar-refractivity contribution < 1.29 is 5.11 Å². The Morgan fingerprint density at radius 3 is 2.40 bits per heavy atom. The van der Waals surface area contributed by atoms with Gasteiger partial charge in [-0.25, -0.2) is 0 Å². The number of rotatable bonds is 5. The van der Waals surface area contributed by atoms with Gasteiger partial charge in [0.15, 0.2) is 0 Å². The highest BCUT2D eigenvalue weighted by molar-refractivity contribution is 5.85. The summed E-state index contributed by atoms with van der Waals surface area (Å²) in [5.41, 5.74) is 5.61. The first-order valence-corrected chi connectivity index (χ1v) is 3.67. The Bertz CT molecular complexity index is 61.6. The molecule has 0 saturated heterocycles. The Morgan fingerprint density at radius 2 is 2.00 bits per heavy atom. The van der Waals surface area contributed by atoms with Crippen molar-refractivity contribution in [1.82, 2.24) is 0 Å². The third-order valence-corrected chi connectivity index (χ3v) is 1.43. The van der Waals surface area contributed by atoms with Crippen LogP contribution in [0.3, 0.4) is 0 Å². The average Bonchev–Trinajstić information content (AvgIpc) is 1.85. The van der Waals surface area contributed by atoms with E-state index in [1.54, 1.807) is 0 Å². The SMILES string of the molecule is CCCC[C@@H](N)CCO.Cl. The molecule has 2 nitrogen and oxygen atoms in total. The largest absolute Gasteiger partial charge is 0.396 e. The minimum absolute atomic E-state index is 0. The van der Waals surface area contributed by atoms with Gasteiger partial charge in [-0.05, 0) is 12.8 Å². The van der Waals surface area contributed by atoms with E-state index in [0.717, 1.165) is 12.8 Å². The number of nitrogens with two attached hydrogens (primary N) is 1. The van der Waals surface area contributed by atoms with Crippen LogP contribution in [0.5, 0.6) is 0 Å². The fraction of sp³-hybridized carbons (Fsp3) is 1.00. The highest BCUT2D eigenvalue weighted by atomic mass is 35.5. The van der Waals surface area contributed by atoms with Crippen molar-refractivity contribution in [1.29, 1.82) is 0 Å². The van der Waals surface area contributed by atoms with Crippen molar-refractivity contribution in [3.05, 3.63) is 0 Å². The summed E-state index contributed by atoms with van der Waals surface area (Å²) in [6, 6.07) is 0.218. The molecule has 0 aliphatic carbocycles. The van der Waals surface area contributed by atoms with E-state index in [1.807, 2.05) is 0 Å². The standard InChI is InChI=1S/C7H17NO.ClH/c1-2-3-4-7(8)5-6-9;/h7,9H,2-6,8H2,1H3;1H/t7-;/m1./s1. The fourth-order valence-electron chi connectivity index (χ4n) is 0.776. The molecule has 0 unspecified atom stereocenters. The van der Waals surface area contributed by atoms with Crippen molar-refractivity contribution >= 4 is 12.4 Å². The van der Waals surface area contributed by atoms with Crippen LogP contribution in [-0.4, -0.2) is 17.8 Å². The molecule has 10 heavy (non-hydrogen) atoms. The quantitative estimate of drug-likeness (QED) is 0.649. The Labute approximate surface area is 69.2 Å². The molecule has 0 saturated carbocycles. The van der Waals surface area contributed by atoms with E-state index in [-0.39, 0.29) is 25.1 Å². The molecule has 0 aromatic heterocycles. The van der Waals surface area contributed by atoms with Gasteiger partial charge >= 0.3 is 0 Å². The van der Waals surface area contributed by atoms with Gasteiger partial charge in [0.1, 0.15) is 0 Å². The van der Waals surface area contributed by atoms with Crippen LogP contribution < -0.4 is 5.73 Å². The Kier molecular flexibility index (Phi) is 11.8. The number of halogens is 1. The van der Waals surface area contributed by atoms with Crippen LogP contribution in [-0.2, 0) is 0 Å². The predicted molar refractivity (Wildman–Crippen MR) is 46.5 cm³/mol. The molecular formula is C7H18ClNO. The first-order valence-electron chi connectivity index (χ1n) is 3.67. The topological polar surface area (TPSA) is 46.2 Å². The summed E-state index contributed by atoms with van der Waals surface area (Å²) < 4.78 is 0. The van der Waals surface area contributed by atoms with Crippen LogP contribution in [0.15, 0.2) is 0 Å². The lowest BCUT2D eigenvalue weighted by atomic mass is 10.1. The van der Waals surface area contributed by atoms with E-state index in [0.29, 0.717) is 0 Å². The molecule has 0 heterocycles. The first kappa shape index (κ1) is 12.8. The lowest BCUT2D eigenvalue weighted by molar-refractivity contribution is 0.272. The van der Waals surface area contributed by atoms with Crippen molar-refractivity contribution in [2.24, 2.45) is 5.73 Å². The van der Waals surface area contributed by atoms with Gasteiger partial charge in [0, 0.05) is 12.6 Å². The van der Waals surface area contributed by atoms with Gasteiger partial charge in [-0.15, -0.1) is 12.4 Å². The van der Waals surface area contributed by atoms with Crippen LogP contribution >= 0.6 is 12.4 Å². The molecule has 0 aliphatic rings. The van der Waals surface area contributed by atoms with E-state index < -0.39 is 0 Å². The van der Waals surface area contributed by atoms with E-state index >= 15 is 0 Å². The monoisotopic (exact) mass is 167 g/mol. The Hall–Kier alpha value is 0.210. The van der Waals surface area contributed by atoms with Gasteiger partial charge < -0.3 is 10.8 Å². The Morgan fingerprint density at radius 1 is 1.40 bits per heavy atom. The van der Waals surface area contributed by atoms with E-state index in [1.165, 1.54) is 12.8 Å². The van der Waals surface area contributed by atoms with Crippen molar-refractivity contribution in [2.45, 2.75) is 38.6 Å². The van der Waals surface area contributed by atoms with Crippen LogP contribution in [0, 0.1) is 0 Å². The van der Waals surface area contributed by atoms with Crippen LogP contribution in [0.2, 0.25) is 0 Å². The summed E-state index contributed by atoms with van der Waals surface area (Å²) in [5, 5.41) is 8.46. The lowest BCUT2D eigenvalue weighted by Gasteiger charge is -2.06. The Balaban J connectivity index is 0. The normalized spacial score (nSPS) is 12.3. The molecule has 0 spiro atoms. The zero-order valence-electron chi connectivity index (χ0n) is 6.55. The molecule has 0 aromatic rings. The summed E-state index contributed by atoms with van der Waals surface area (Å²) in [4.78, 5) is 0. The zero-order chi connectivity index (χ0) is 7.11. The van der Waals surface area contributed by atoms with Crippen molar-refractivity contribution in [2.75, 3.05) is 6.61 Å². The molecule has 64 valence electrons. The highest BCUT2D eigenvalue weighted by Crippen LogP contribution is 2.00. The minimum atomic E-state index is 0. The highest BCUT2D eigenvalue weighted by Gasteiger charge is 1.98. The molecule has 0 aromatic carbocycles. The fourth-order valence-corrected chi connectivity index (χ4v) is 0.776. The molecule has 3 heteroatoms. The smallest absolute Gasteiger partial charge is 0.0445 e. The molecule has 0 amide bonds. The van der Waals surface area contributed by atoms with Gasteiger partial charge in [-0.2, -0.15) is 0 Å². The maximum absolute atomic E-state index is 8.46. The average molecular weight is 168 g/mol. The van der Waals surface area contributed by atoms with Crippen LogP contribution in [0.25, 0.3) is 0 Å². The summed E-state index contributed by atoms with van der Waals surface area (Å²) >= 11 is 0. The number of hydrogen-bond donors (Lipinski definition) is 2. The predicted octanol–water partition coefficient (Wildman–Crippen LogP) is 1.31. The third-order valence-electron chi connectivity index (χ3n) is 1.43. The van der Waals surface area contributed by atoms with E-state index in [4.69, 9.17) is 10.8 Å². The van der Waals surface area contributed by atoms with Gasteiger partial charge in [-0.3, -0.25) is 0 Å². The second-order valence-electron chi connectivity index (χ2n) is 2.41. The number of aliphatic hydroxyl groups is 1. The first-order chi connectivity index (χ1) is 4.31. The van der Waals surface area contributed by atoms with E-state index in [9.17, 15) is 0 Å². The molecule has 0 rings (SSSR count). The second kappa shape index (κ2) is 9.21. The van der Waals surface area contributed by atoms with Crippen LogP contribution in [0.1, 0.15) is 32.6 Å². The third kappa shape index (κ3) is 8.21. The summed E-state index contributed by atoms with van der Waals surface area (Å²) in [7, 11) is 0. The van der Waals surface area contributed by atoms with Gasteiger partial charge in [0.05, 0.1) is 0 Å². The lowest BCUT2D eigenvalue weighted by Crippen LogP contribution is -2.20. The maximum Gasteiger partial charge on any atom is 0.0445 e. The van der Waals surface area contributed by atoms with Gasteiger partial charge in [-0.1, -0.05) is 19.8 Å². The van der Waals surface area contributed by atoms with E-state index in [2.05, 4.69) is 6.92 Å². The molecule has 0 bridgehead atoms. The molecule has 1 atom stereocenters. The number of hydrogen-bond acceptors (Lipinski definition) is 2. The van der Waals surface area contributed by atoms with Gasteiger partial charge in [0.25, 0.3) is 0 Å². The van der Waals surface area contributed by atoms with Crippen LogP contribution in [0.4, 0.5) is 0 Å². The number of unbranched alkanes of at least 4 members (excludes halogenated alkanes) is 1. The summed E-state index contributed by atoms with van der Waals surface area (Å²) in [6.45, 7) is 2.37. The minimum Gasteiger partial charge on any atom is -0.396 e. The summed E-state index contributed by atoms with van der Waals surface area (Å²) in [6.07, 6.45) is 4.18. The van der Waals surface area contributed by atoms with Gasteiger partial charge in [0.2, 0.25) is 0 Å². The van der Waals surface area contributed by atoms with Crippen molar-refractivity contribution in [3.8, 4) is 0 Å². The second-order valence-corrected chi connectivity index (χ2v) is 2.41. The zero-order valence-corrected chi connectivity index (χ0v) is 7.36. The van der Waals surface area contributed by atoms with Crippen molar-refractivity contribution in [3.63, 3.8) is 0 Å². The maximum atomic E-state index is 8.46. The molecular weight excluding hydrogens is 150 g/mol. The molecule has 0 radical (unpaired) electrons. The summed E-state index contributed by atoms with van der Waals surface area (Å²) in [5.74, 6) is 0. The molecule has 0 aliphatic heterocycles. The number of aliphatic hydroxyl groups excluding tert-OH is 1. The molecule has 0 fully saturated rings. The molecule has 3 N–H and O–H groups in total.